The summed E-state index contributed by atoms with van der Waals surface area (Å²) >= 11 is 1.67. The van der Waals surface area contributed by atoms with E-state index in [1.807, 2.05) is 17.5 Å². The van der Waals surface area contributed by atoms with Crippen molar-refractivity contribution in [1.29, 1.82) is 0 Å². The quantitative estimate of drug-likeness (QED) is 0.895. The van der Waals surface area contributed by atoms with Crippen LogP contribution in [0, 0.1) is 5.92 Å². The summed E-state index contributed by atoms with van der Waals surface area (Å²) < 4.78 is 0. The zero-order chi connectivity index (χ0) is 13.0. The molecule has 1 saturated heterocycles. The minimum absolute atomic E-state index is 0.134. The Hall–Kier alpha value is -1.36. The van der Waals surface area contributed by atoms with Crippen LogP contribution in [0.25, 0.3) is 0 Å². The van der Waals surface area contributed by atoms with E-state index >= 15 is 0 Å². The van der Waals surface area contributed by atoms with Crippen LogP contribution < -0.4 is 5.73 Å². The fourth-order valence-electron chi connectivity index (χ4n) is 2.28. The highest BCUT2D eigenvalue weighted by Crippen LogP contribution is 2.18. The van der Waals surface area contributed by atoms with Crippen LogP contribution in [0.3, 0.4) is 0 Å². The van der Waals surface area contributed by atoms with Gasteiger partial charge in [0, 0.05) is 24.4 Å². The summed E-state index contributed by atoms with van der Waals surface area (Å²) in [5, 5.41) is 2.02. The minimum Gasteiger partial charge on any atom is -0.369 e. The first-order valence-corrected chi connectivity index (χ1v) is 7.14. The van der Waals surface area contributed by atoms with Crippen molar-refractivity contribution in [3.05, 3.63) is 22.4 Å². The molecule has 0 aliphatic carbocycles. The number of amides is 2. The molecule has 98 valence electrons. The summed E-state index contributed by atoms with van der Waals surface area (Å²) in [6.07, 6.45) is 2.99. The molecule has 1 unspecified atom stereocenters. The van der Waals surface area contributed by atoms with E-state index in [9.17, 15) is 9.59 Å². The SMILES string of the molecule is NC(=O)C1CCCN(C(=O)CCc2cccs2)C1. The predicted octanol–water partition coefficient (Wildman–Crippen LogP) is 1.40. The third kappa shape index (κ3) is 3.32. The number of likely N-dealkylation sites (tertiary alicyclic amines) is 1. The standard InChI is InChI=1S/C13H18N2O2S/c14-13(17)10-3-1-7-15(9-10)12(16)6-5-11-4-2-8-18-11/h2,4,8,10H,1,3,5-7,9H2,(H2,14,17). The number of hydrogen-bond donors (Lipinski definition) is 1. The summed E-state index contributed by atoms with van der Waals surface area (Å²) in [6, 6.07) is 4.04. The van der Waals surface area contributed by atoms with Gasteiger partial charge in [0.15, 0.2) is 0 Å². The molecule has 0 bridgehead atoms. The smallest absolute Gasteiger partial charge is 0.222 e. The molecule has 2 rings (SSSR count). The lowest BCUT2D eigenvalue weighted by Crippen LogP contribution is -2.44. The maximum atomic E-state index is 12.0. The molecule has 1 aliphatic rings. The van der Waals surface area contributed by atoms with Crippen molar-refractivity contribution in [3.63, 3.8) is 0 Å². The molecular weight excluding hydrogens is 248 g/mol. The van der Waals surface area contributed by atoms with Gasteiger partial charge < -0.3 is 10.6 Å². The predicted molar refractivity (Wildman–Crippen MR) is 71.1 cm³/mol. The van der Waals surface area contributed by atoms with E-state index in [-0.39, 0.29) is 17.7 Å². The Balaban J connectivity index is 1.83. The zero-order valence-electron chi connectivity index (χ0n) is 10.3. The summed E-state index contributed by atoms with van der Waals surface area (Å²) in [5.41, 5.74) is 5.31. The van der Waals surface area contributed by atoms with Gasteiger partial charge in [-0.25, -0.2) is 0 Å². The Bertz CT molecular complexity index is 417. The van der Waals surface area contributed by atoms with Crippen LogP contribution in [0.4, 0.5) is 0 Å². The molecule has 0 aromatic carbocycles. The van der Waals surface area contributed by atoms with Gasteiger partial charge in [0.2, 0.25) is 11.8 Å². The highest BCUT2D eigenvalue weighted by Gasteiger charge is 2.26. The van der Waals surface area contributed by atoms with Gasteiger partial charge >= 0.3 is 0 Å². The average Bonchev–Trinajstić information content (AvgIpc) is 2.89. The molecule has 0 radical (unpaired) electrons. The highest BCUT2D eigenvalue weighted by atomic mass is 32.1. The summed E-state index contributed by atoms with van der Waals surface area (Å²) in [6.45, 7) is 1.26. The van der Waals surface area contributed by atoms with E-state index in [2.05, 4.69) is 0 Å². The second-order valence-corrected chi connectivity index (χ2v) is 5.69. The van der Waals surface area contributed by atoms with Crippen LogP contribution in [-0.4, -0.2) is 29.8 Å². The fraction of sp³-hybridized carbons (Fsp3) is 0.538. The van der Waals surface area contributed by atoms with Crippen LogP contribution >= 0.6 is 11.3 Å². The van der Waals surface area contributed by atoms with E-state index in [0.29, 0.717) is 13.0 Å². The van der Waals surface area contributed by atoms with E-state index in [4.69, 9.17) is 5.73 Å². The minimum atomic E-state index is -0.286. The van der Waals surface area contributed by atoms with Gasteiger partial charge in [0.1, 0.15) is 0 Å². The van der Waals surface area contributed by atoms with Crippen molar-refractivity contribution >= 4 is 23.2 Å². The molecular formula is C13H18N2O2S. The summed E-state index contributed by atoms with van der Waals surface area (Å²) in [5.74, 6) is -0.315. The maximum absolute atomic E-state index is 12.0. The molecule has 1 aromatic heterocycles. The molecule has 1 aliphatic heterocycles. The third-order valence-electron chi connectivity index (χ3n) is 3.34. The molecule has 18 heavy (non-hydrogen) atoms. The molecule has 5 heteroatoms. The second-order valence-electron chi connectivity index (χ2n) is 4.66. The molecule has 1 aromatic rings. The van der Waals surface area contributed by atoms with Crippen molar-refractivity contribution in [2.75, 3.05) is 13.1 Å². The molecule has 2 amide bonds. The van der Waals surface area contributed by atoms with Crippen LogP contribution in [0.2, 0.25) is 0 Å². The van der Waals surface area contributed by atoms with Crippen LogP contribution in [0.15, 0.2) is 17.5 Å². The van der Waals surface area contributed by atoms with Gasteiger partial charge in [-0.3, -0.25) is 9.59 Å². The topological polar surface area (TPSA) is 63.4 Å². The van der Waals surface area contributed by atoms with E-state index < -0.39 is 0 Å². The normalized spacial score (nSPS) is 19.8. The monoisotopic (exact) mass is 266 g/mol. The number of carbonyl (C=O) groups is 2. The molecule has 0 saturated carbocycles. The van der Waals surface area contributed by atoms with Gasteiger partial charge in [0.05, 0.1) is 5.92 Å². The molecule has 1 fully saturated rings. The number of carbonyl (C=O) groups excluding carboxylic acids is 2. The van der Waals surface area contributed by atoms with Gasteiger partial charge in [-0.05, 0) is 30.7 Å². The van der Waals surface area contributed by atoms with Crippen LogP contribution in [0.1, 0.15) is 24.1 Å². The maximum Gasteiger partial charge on any atom is 0.222 e. The molecule has 4 nitrogen and oxygen atoms in total. The number of thiophene rings is 1. The molecule has 0 spiro atoms. The number of aryl methyl sites for hydroxylation is 1. The van der Waals surface area contributed by atoms with Crippen molar-refractivity contribution in [1.82, 2.24) is 4.90 Å². The third-order valence-corrected chi connectivity index (χ3v) is 4.28. The van der Waals surface area contributed by atoms with Gasteiger partial charge in [-0.2, -0.15) is 0 Å². The fourth-order valence-corrected chi connectivity index (χ4v) is 2.99. The molecule has 2 N–H and O–H groups in total. The Labute approximate surface area is 111 Å². The number of piperidine rings is 1. The first-order chi connectivity index (χ1) is 8.66. The highest BCUT2D eigenvalue weighted by molar-refractivity contribution is 7.09. The Morgan fingerprint density at radius 1 is 1.50 bits per heavy atom. The van der Waals surface area contributed by atoms with Crippen LogP contribution in [-0.2, 0) is 16.0 Å². The average molecular weight is 266 g/mol. The van der Waals surface area contributed by atoms with Crippen molar-refractivity contribution in [2.24, 2.45) is 11.7 Å². The van der Waals surface area contributed by atoms with Crippen molar-refractivity contribution in [2.45, 2.75) is 25.7 Å². The van der Waals surface area contributed by atoms with Gasteiger partial charge in [-0.15, -0.1) is 11.3 Å². The Kier molecular flexibility index (Phi) is 4.36. The lowest BCUT2D eigenvalue weighted by molar-refractivity contribution is -0.134. The largest absolute Gasteiger partial charge is 0.369 e. The first-order valence-electron chi connectivity index (χ1n) is 6.26. The van der Waals surface area contributed by atoms with Crippen LogP contribution in [0.5, 0.6) is 0 Å². The van der Waals surface area contributed by atoms with E-state index in [1.165, 1.54) is 4.88 Å². The molecule has 2 heterocycles. The molecule has 1 atom stereocenters. The number of hydrogen-bond acceptors (Lipinski definition) is 3. The van der Waals surface area contributed by atoms with Crippen molar-refractivity contribution in [3.8, 4) is 0 Å². The lowest BCUT2D eigenvalue weighted by atomic mass is 9.97. The lowest BCUT2D eigenvalue weighted by Gasteiger charge is -2.31. The summed E-state index contributed by atoms with van der Waals surface area (Å²) in [7, 11) is 0. The Morgan fingerprint density at radius 3 is 3.00 bits per heavy atom. The van der Waals surface area contributed by atoms with Gasteiger partial charge in [0.25, 0.3) is 0 Å². The number of primary amides is 1. The first kappa shape index (κ1) is 13.1. The summed E-state index contributed by atoms with van der Waals surface area (Å²) in [4.78, 5) is 26.2. The van der Waals surface area contributed by atoms with Gasteiger partial charge in [-0.1, -0.05) is 6.07 Å². The Morgan fingerprint density at radius 2 is 2.33 bits per heavy atom. The number of rotatable bonds is 4. The van der Waals surface area contributed by atoms with Crippen molar-refractivity contribution < 1.29 is 9.59 Å². The zero-order valence-corrected chi connectivity index (χ0v) is 11.1. The number of nitrogens with zero attached hydrogens (tertiary/aromatic N) is 1. The second kappa shape index (κ2) is 6.00. The van der Waals surface area contributed by atoms with E-state index in [0.717, 1.165) is 25.8 Å². The van der Waals surface area contributed by atoms with E-state index in [1.54, 1.807) is 16.2 Å². The number of nitrogens with two attached hydrogens (primary N) is 1.